The zero-order valence-electron chi connectivity index (χ0n) is 20.3. The van der Waals surface area contributed by atoms with Crippen LogP contribution in [0, 0.1) is 10.8 Å². The molecule has 1 aliphatic heterocycles. The summed E-state index contributed by atoms with van der Waals surface area (Å²) in [4.78, 5) is 0. The van der Waals surface area contributed by atoms with Crippen molar-refractivity contribution in [2.45, 2.75) is 72.4 Å². The molecule has 1 unspecified atom stereocenters. The van der Waals surface area contributed by atoms with Crippen molar-refractivity contribution in [1.82, 2.24) is 9.78 Å². The number of nitrogens with zero attached hydrogens (tertiary/aromatic N) is 2. The van der Waals surface area contributed by atoms with Gasteiger partial charge in [0, 0.05) is 16.5 Å². The van der Waals surface area contributed by atoms with Crippen LogP contribution in [0.15, 0.2) is 58.7 Å². The van der Waals surface area contributed by atoms with Crippen LogP contribution in [0.25, 0.3) is 16.5 Å². The van der Waals surface area contributed by atoms with Gasteiger partial charge >= 0.3 is 0 Å². The number of halogens is 1. The highest BCUT2D eigenvalue weighted by Crippen LogP contribution is 2.51. The van der Waals surface area contributed by atoms with Crippen molar-refractivity contribution in [2.24, 2.45) is 10.8 Å². The molecule has 174 valence electrons. The summed E-state index contributed by atoms with van der Waals surface area (Å²) in [5.41, 5.74) is 7.31. The van der Waals surface area contributed by atoms with Crippen LogP contribution in [0.1, 0.15) is 83.6 Å². The van der Waals surface area contributed by atoms with Gasteiger partial charge < -0.3 is 4.74 Å². The summed E-state index contributed by atoms with van der Waals surface area (Å²) in [5.74, 6) is 0. The van der Waals surface area contributed by atoms with Crippen molar-refractivity contribution in [3.8, 4) is 0 Å². The zero-order valence-corrected chi connectivity index (χ0v) is 21.9. The molecule has 0 amide bonds. The normalized spacial score (nSPS) is 22.5. The first-order valence-electron chi connectivity index (χ1n) is 12.3. The van der Waals surface area contributed by atoms with Gasteiger partial charge in [0.2, 0.25) is 0 Å². The number of allylic oxidation sites excluding steroid dienone is 1. The molecule has 2 aromatic carbocycles. The molecule has 2 heterocycles. The molecule has 0 spiro atoms. The van der Waals surface area contributed by atoms with Gasteiger partial charge in [-0.05, 0) is 90.3 Å². The van der Waals surface area contributed by atoms with Crippen LogP contribution in [0.2, 0.25) is 0 Å². The van der Waals surface area contributed by atoms with Crippen LogP contribution in [-0.2, 0) is 4.74 Å². The topological polar surface area (TPSA) is 27.1 Å². The largest absolute Gasteiger partial charge is 0.356 e. The second kappa shape index (κ2) is 8.70. The second-order valence-corrected chi connectivity index (χ2v) is 12.4. The fourth-order valence-corrected chi connectivity index (χ4v) is 6.63. The van der Waals surface area contributed by atoms with E-state index in [0.29, 0.717) is 10.8 Å². The van der Waals surface area contributed by atoms with Crippen molar-refractivity contribution in [2.75, 3.05) is 6.61 Å². The van der Waals surface area contributed by atoms with Gasteiger partial charge in [-0.1, -0.05) is 67.4 Å². The Morgan fingerprint density at radius 3 is 2.33 bits per heavy atom. The number of aromatic nitrogens is 2. The van der Waals surface area contributed by atoms with Crippen LogP contribution in [0.3, 0.4) is 0 Å². The Balaban J connectivity index is 1.63. The number of hydrogen-bond donors (Lipinski definition) is 0. The van der Waals surface area contributed by atoms with E-state index in [2.05, 4.69) is 90.8 Å². The van der Waals surface area contributed by atoms with Crippen molar-refractivity contribution in [1.29, 1.82) is 0 Å². The molecule has 33 heavy (non-hydrogen) atoms. The van der Waals surface area contributed by atoms with E-state index in [4.69, 9.17) is 9.84 Å². The third kappa shape index (κ3) is 4.83. The van der Waals surface area contributed by atoms with E-state index < -0.39 is 0 Å². The lowest BCUT2D eigenvalue weighted by atomic mass is 9.62. The Hall–Kier alpha value is -1.91. The van der Waals surface area contributed by atoms with E-state index >= 15 is 0 Å². The van der Waals surface area contributed by atoms with Gasteiger partial charge in [-0.3, -0.25) is 0 Å². The molecule has 0 bridgehead atoms. The monoisotopic (exact) mass is 506 g/mol. The summed E-state index contributed by atoms with van der Waals surface area (Å²) < 4.78 is 9.21. The third-order valence-electron chi connectivity index (χ3n) is 7.14. The highest BCUT2D eigenvalue weighted by Gasteiger charge is 2.37. The van der Waals surface area contributed by atoms with Gasteiger partial charge in [0.25, 0.3) is 0 Å². The van der Waals surface area contributed by atoms with E-state index in [1.54, 1.807) is 5.57 Å². The van der Waals surface area contributed by atoms with Crippen LogP contribution in [0.4, 0.5) is 0 Å². The number of rotatable bonds is 3. The van der Waals surface area contributed by atoms with E-state index in [1.807, 2.05) is 6.20 Å². The molecule has 5 rings (SSSR count). The fraction of sp³-hybridized carbons (Fsp3) is 0.483. The summed E-state index contributed by atoms with van der Waals surface area (Å²) in [6.45, 7) is 10.5. The van der Waals surface area contributed by atoms with Gasteiger partial charge in [0.15, 0.2) is 6.23 Å². The van der Waals surface area contributed by atoms with Crippen LogP contribution in [-0.4, -0.2) is 16.4 Å². The predicted molar refractivity (Wildman–Crippen MR) is 140 cm³/mol. The quantitative estimate of drug-likeness (QED) is 0.355. The zero-order chi connectivity index (χ0) is 23.2. The molecular weight excluding hydrogens is 472 g/mol. The number of hydrogen-bond acceptors (Lipinski definition) is 2. The lowest BCUT2D eigenvalue weighted by molar-refractivity contribution is -0.0366. The average molecular weight is 508 g/mol. The molecule has 1 atom stereocenters. The summed E-state index contributed by atoms with van der Waals surface area (Å²) in [6.07, 6.45) is 8.98. The van der Waals surface area contributed by atoms with Crippen LogP contribution in [0.5, 0.6) is 0 Å². The average Bonchev–Trinajstić information content (AvgIpc) is 3.17. The number of ether oxygens (including phenoxy) is 1. The first-order chi connectivity index (χ1) is 15.7. The smallest absolute Gasteiger partial charge is 0.150 e. The van der Waals surface area contributed by atoms with Gasteiger partial charge in [-0.15, -0.1) is 0 Å². The van der Waals surface area contributed by atoms with Gasteiger partial charge in [0.1, 0.15) is 0 Å². The van der Waals surface area contributed by atoms with E-state index in [-0.39, 0.29) is 6.23 Å². The third-order valence-corrected chi connectivity index (χ3v) is 7.67. The Morgan fingerprint density at radius 1 is 0.970 bits per heavy atom. The Labute approximate surface area is 206 Å². The predicted octanol–water partition coefficient (Wildman–Crippen LogP) is 8.54. The van der Waals surface area contributed by atoms with E-state index in [9.17, 15) is 0 Å². The molecule has 3 aromatic rings. The van der Waals surface area contributed by atoms with Crippen molar-refractivity contribution in [3.05, 3.63) is 69.8 Å². The number of fused-ring (bicyclic) bond motifs is 1. The molecule has 2 aliphatic rings. The van der Waals surface area contributed by atoms with E-state index in [1.165, 1.54) is 34.9 Å². The van der Waals surface area contributed by atoms with E-state index in [0.717, 1.165) is 42.3 Å². The van der Waals surface area contributed by atoms with Gasteiger partial charge in [-0.2, -0.15) is 5.10 Å². The maximum atomic E-state index is 6.02. The fourth-order valence-electron chi connectivity index (χ4n) is 6.36. The minimum absolute atomic E-state index is 0.0614. The number of benzene rings is 2. The molecule has 2 fully saturated rings. The van der Waals surface area contributed by atoms with Gasteiger partial charge in [0.05, 0.1) is 11.7 Å². The highest BCUT2D eigenvalue weighted by molar-refractivity contribution is 9.10. The maximum absolute atomic E-state index is 6.02. The minimum atomic E-state index is 0.0614. The first kappa shape index (κ1) is 22.9. The van der Waals surface area contributed by atoms with Crippen molar-refractivity contribution >= 4 is 32.4 Å². The molecule has 1 saturated carbocycles. The lowest BCUT2D eigenvalue weighted by Gasteiger charge is -2.43. The SMILES string of the molecule is CC1(C)CC(=C(c2ccc(Br)cc2)c2ccc3c(cnn3C3CCCCO3)c2)CC(C)(C)C1. The molecule has 1 saturated heterocycles. The lowest BCUT2D eigenvalue weighted by Crippen LogP contribution is -2.30. The van der Waals surface area contributed by atoms with Crippen LogP contribution >= 0.6 is 15.9 Å². The summed E-state index contributed by atoms with van der Waals surface area (Å²) in [7, 11) is 0. The van der Waals surface area contributed by atoms with Crippen LogP contribution < -0.4 is 0 Å². The Morgan fingerprint density at radius 2 is 1.67 bits per heavy atom. The Kier molecular flexibility index (Phi) is 6.03. The molecule has 1 aromatic heterocycles. The molecule has 0 N–H and O–H groups in total. The maximum Gasteiger partial charge on any atom is 0.150 e. The molecule has 0 radical (unpaired) electrons. The first-order valence-corrected chi connectivity index (χ1v) is 13.1. The summed E-state index contributed by atoms with van der Waals surface area (Å²) in [5, 5.41) is 5.92. The summed E-state index contributed by atoms with van der Waals surface area (Å²) in [6, 6.07) is 15.7. The minimum Gasteiger partial charge on any atom is -0.356 e. The standard InChI is InChI=1S/C29H35BrN2O/c1-28(2)16-23(17-29(3,4)19-28)27(20-8-11-24(30)12-9-20)21-10-13-25-22(15-21)18-31-32(25)26-7-5-6-14-33-26/h8-13,15,18,26H,5-7,14,16-17,19H2,1-4H3. The van der Waals surface area contributed by atoms with Gasteiger partial charge in [-0.25, -0.2) is 4.68 Å². The second-order valence-electron chi connectivity index (χ2n) is 11.5. The van der Waals surface area contributed by atoms with Crippen molar-refractivity contribution < 1.29 is 4.74 Å². The molecule has 1 aliphatic carbocycles. The molecular formula is C29H35BrN2O. The Bertz CT molecular complexity index is 1160. The van der Waals surface area contributed by atoms with Crippen molar-refractivity contribution in [3.63, 3.8) is 0 Å². The summed E-state index contributed by atoms with van der Waals surface area (Å²) >= 11 is 3.62. The molecule has 4 heteroatoms. The molecule has 3 nitrogen and oxygen atoms in total. The highest BCUT2D eigenvalue weighted by atomic mass is 79.9.